The summed E-state index contributed by atoms with van der Waals surface area (Å²) in [5, 5.41) is -0.408. The third-order valence-corrected chi connectivity index (χ3v) is 23.7. The second kappa shape index (κ2) is 13.6. The fourth-order valence-corrected chi connectivity index (χ4v) is 7.62. The van der Waals surface area contributed by atoms with Gasteiger partial charge in [0, 0.05) is 12.3 Å². The Morgan fingerprint density at radius 3 is 1.80 bits per heavy atom. The van der Waals surface area contributed by atoms with E-state index in [-0.39, 0.29) is 27.6 Å². The normalized spacial score (nSPS) is 24.5. The quantitative estimate of drug-likeness (QED) is 0.142. The Morgan fingerprint density at radius 2 is 1.33 bits per heavy atom. The van der Waals surface area contributed by atoms with Crippen LogP contribution in [0.3, 0.4) is 0 Å². The maximum atomic E-state index is 17.5. The van der Waals surface area contributed by atoms with Gasteiger partial charge in [0.15, 0.2) is 37.1 Å². The number of hydrogen-bond donors (Lipinski definition) is 1. The van der Waals surface area contributed by atoms with Crippen molar-refractivity contribution in [1.29, 1.82) is 0 Å². The van der Waals surface area contributed by atoms with Crippen molar-refractivity contribution < 1.29 is 27.1 Å². The number of aryl methyl sites for hydroxylation is 2. The van der Waals surface area contributed by atoms with E-state index in [0.29, 0.717) is 5.75 Å². The number of hydrogen-bond acceptors (Lipinski definition) is 7. The summed E-state index contributed by atoms with van der Waals surface area (Å²) in [5.41, 5.74) is 8.19. The van der Waals surface area contributed by atoms with Crippen molar-refractivity contribution in [2.24, 2.45) is 10.7 Å². The zero-order chi connectivity index (χ0) is 35.0. The van der Waals surface area contributed by atoms with Crippen molar-refractivity contribution in [2.75, 3.05) is 6.61 Å². The van der Waals surface area contributed by atoms with Crippen LogP contribution in [-0.4, -0.2) is 62.1 Å². The van der Waals surface area contributed by atoms with E-state index in [1.54, 1.807) is 6.08 Å². The first-order chi connectivity index (χ1) is 20.0. The van der Waals surface area contributed by atoms with Gasteiger partial charge < -0.3 is 28.5 Å². The molecule has 258 valence electrons. The number of aliphatic imine (C=N–C) groups is 1. The summed E-state index contributed by atoms with van der Waals surface area (Å²) in [4.78, 5) is 4.69. The van der Waals surface area contributed by atoms with Gasteiger partial charge >= 0.3 is 0 Å². The molecule has 1 heterocycles. The van der Waals surface area contributed by atoms with Crippen LogP contribution in [0.4, 0.5) is 4.39 Å². The number of allylic oxidation sites excluding steroid dienone is 1. The number of halogens is 1. The summed E-state index contributed by atoms with van der Waals surface area (Å²) in [6.45, 7) is 35.8. The molecule has 1 aromatic rings. The van der Waals surface area contributed by atoms with E-state index in [0.717, 1.165) is 11.1 Å². The van der Waals surface area contributed by atoms with Crippen molar-refractivity contribution >= 4 is 31.2 Å². The molecule has 1 aromatic carbocycles. The molecule has 7 nitrogen and oxygen atoms in total. The summed E-state index contributed by atoms with van der Waals surface area (Å²) < 4.78 is 50.0. The van der Waals surface area contributed by atoms with Gasteiger partial charge in [-0.15, -0.1) is 0 Å². The predicted octanol–water partition coefficient (Wildman–Crippen LogP) is 9.38. The van der Waals surface area contributed by atoms with E-state index in [1.165, 1.54) is 6.21 Å². The largest absolute Gasteiger partial charge is 0.441 e. The average Bonchev–Trinajstić information content (AvgIpc) is 3.08. The van der Waals surface area contributed by atoms with Gasteiger partial charge in [0.05, 0.1) is 6.61 Å². The van der Waals surface area contributed by atoms with E-state index < -0.39 is 49.2 Å². The van der Waals surface area contributed by atoms with Crippen LogP contribution in [0.15, 0.2) is 35.2 Å². The van der Waals surface area contributed by atoms with Crippen molar-refractivity contribution in [3.8, 4) is 5.75 Å². The molecule has 0 spiro atoms. The predicted molar refractivity (Wildman–Crippen MR) is 193 cm³/mol. The lowest BCUT2D eigenvalue weighted by Crippen LogP contribution is -2.57. The van der Waals surface area contributed by atoms with E-state index in [9.17, 15) is 0 Å². The molecule has 0 aromatic heterocycles. The number of para-hydroxylation sites is 1. The van der Waals surface area contributed by atoms with Crippen LogP contribution in [0.5, 0.6) is 5.75 Å². The molecule has 45 heavy (non-hydrogen) atoms. The van der Waals surface area contributed by atoms with E-state index in [2.05, 4.69) is 102 Å². The second-order valence-corrected chi connectivity index (χ2v) is 31.5. The molecule has 2 N–H and O–H groups in total. The molecular weight excluding hydrogens is 620 g/mol. The van der Waals surface area contributed by atoms with E-state index in [4.69, 9.17) is 33.5 Å². The highest BCUT2D eigenvalue weighted by atomic mass is 28.4. The van der Waals surface area contributed by atoms with Crippen LogP contribution in [0.25, 0.3) is 0 Å². The number of ether oxygens (including phenoxy) is 2. The molecule has 4 atom stereocenters. The second-order valence-electron chi connectivity index (χ2n) is 17.2. The van der Waals surface area contributed by atoms with Crippen molar-refractivity contribution in [2.45, 2.75) is 155 Å². The van der Waals surface area contributed by atoms with Gasteiger partial charge in [0.2, 0.25) is 0 Å². The topological polar surface area (TPSA) is 84.5 Å². The zero-order valence-electron chi connectivity index (χ0n) is 31.3. The minimum absolute atomic E-state index is 0.107. The van der Waals surface area contributed by atoms with Crippen molar-refractivity contribution in [1.82, 2.24) is 0 Å². The highest BCUT2D eigenvalue weighted by Crippen LogP contribution is 2.48. The number of rotatable bonds is 11. The summed E-state index contributed by atoms with van der Waals surface area (Å²) >= 11 is 0. The Kier molecular flexibility index (Phi) is 12.1. The molecule has 1 fully saturated rings. The van der Waals surface area contributed by atoms with Gasteiger partial charge in [-0.05, 0) is 79.4 Å². The van der Waals surface area contributed by atoms with Crippen molar-refractivity contribution in [3.63, 3.8) is 0 Å². The zero-order valence-corrected chi connectivity index (χ0v) is 34.3. The standard InChI is InChI=1S/C34H63FN2O5Si3/c1-24-19-18-20-25(2)27(24)39-26(36)21-22-37-30-28(41-44(14,15)32(6,7)8)29(42-45(16,17)33(9,10)11)34(35,40-30)23-38-43(12,13)31(3,4)5/h18-22,28-30H,23,36H2,1-17H3/t28?,29?,30-,34?/m1/s1. The fraction of sp³-hybridized carbons (Fsp3) is 0.735. The molecule has 0 bridgehead atoms. The lowest BCUT2D eigenvalue weighted by Gasteiger charge is -2.45. The molecular formula is C34H63FN2O5Si3. The Hall–Kier alpha value is -1.35. The summed E-state index contributed by atoms with van der Waals surface area (Å²) in [5.74, 6) is -1.41. The Balaban J connectivity index is 2.60. The van der Waals surface area contributed by atoms with Crippen LogP contribution in [0.2, 0.25) is 54.4 Å². The Bertz CT molecular complexity index is 1210. The van der Waals surface area contributed by atoms with Crippen LogP contribution in [0, 0.1) is 13.8 Å². The van der Waals surface area contributed by atoms with Crippen LogP contribution >= 0.6 is 0 Å². The smallest absolute Gasteiger partial charge is 0.261 e. The Labute approximate surface area is 276 Å². The van der Waals surface area contributed by atoms with E-state index in [1.807, 2.05) is 32.0 Å². The van der Waals surface area contributed by atoms with Gasteiger partial charge in [-0.25, -0.2) is 4.39 Å². The van der Waals surface area contributed by atoms with Crippen molar-refractivity contribution in [3.05, 3.63) is 41.3 Å². The number of nitrogens with two attached hydrogens (primary N) is 1. The lowest BCUT2D eigenvalue weighted by molar-refractivity contribution is -0.188. The molecule has 1 saturated heterocycles. The van der Waals surface area contributed by atoms with E-state index >= 15 is 4.39 Å². The SMILES string of the molecule is Cc1cccc(C)c1OC(N)=CC=N[C@@H]1OC(F)(CO[Si](C)(C)C(C)(C)C)C(O[Si](C)(C)C(C)(C)C)C1O[Si](C)(C)C(C)(C)C. The number of alkyl halides is 1. The number of benzene rings is 1. The first kappa shape index (κ1) is 39.8. The average molecular weight is 683 g/mol. The molecule has 1 aliphatic rings. The molecule has 0 radical (unpaired) electrons. The van der Waals surface area contributed by atoms with Gasteiger partial charge in [0.25, 0.3) is 5.85 Å². The summed E-state index contributed by atoms with van der Waals surface area (Å²) in [6, 6.07) is 5.90. The molecule has 3 unspecified atom stereocenters. The van der Waals surface area contributed by atoms with Gasteiger partial charge in [-0.2, -0.15) is 0 Å². The Morgan fingerprint density at radius 1 is 0.867 bits per heavy atom. The van der Waals surface area contributed by atoms with Gasteiger partial charge in [0.1, 0.15) is 18.0 Å². The van der Waals surface area contributed by atoms with Gasteiger partial charge in [-0.1, -0.05) is 80.5 Å². The van der Waals surface area contributed by atoms with Crippen LogP contribution in [0.1, 0.15) is 73.4 Å². The highest BCUT2D eigenvalue weighted by molar-refractivity contribution is 6.75. The van der Waals surface area contributed by atoms with Gasteiger partial charge in [-0.3, -0.25) is 4.99 Å². The minimum atomic E-state index is -2.50. The summed E-state index contributed by atoms with van der Waals surface area (Å²) in [7, 11) is -7.26. The molecule has 11 heteroatoms. The fourth-order valence-electron chi connectivity index (χ4n) is 4.06. The molecule has 0 amide bonds. The monoisotopic (exact) mass is 682 g/mol. The first-order valence-corrected chi connectivity index (χ1v) is 24.9. The third kappa shape index (κ3) is 9.61. The third-order valence-electron chi connectivity index (χ3n) is 10.3. The molecule has 0 aliphatic carbocycles. The molecule has 1 aliphatic heterocycles. The highest BCUT2D eigenvalue weighted by Gasteiger charge is 2.62. The summed E-state index contributed by atoms with van der Waals surface area (Å²) in [6.07, 6.45) is 0.266. The minimum Gasteiger partial charge on any atom is -0.441 e. The maximum absolute atomic E-state index is 17.5. The lowest BCUT2D eigenvalue weighted by atomic mass is 10.1. The molecule has 0 saturated carbocycles. The maximum Gasteiger partial charge on any atom is 0.261 e. The first-order valence-electron chi connectivity index (χ1n) is 16.1. The van der Waals surface area contributed by atoms with Crippen LogP contribution in [-0.2, 0) is 18.0 Å². The number of nitrogens with zero attached hydrogens (tertiary/aromatic N) is 1. The molecule has 2 rings (SSSR count). The van der Waals surface area contributed by atoms with Crippen LogP contribution < -0.4 is 10.5 Å².